The number of amides is 1. The summed E-state index contributed by atoms with van der Waals surface area (Å²) in [5.41, 5.74) is 0. The molecule has 0 saturated carbocycles. The van der Waals surface area contributed by atoms with Crippen LogP contribution in [0.5, 0.6) is 0 Å². The number of rotatable bonds is 11. The van der Waals surface area contributed by atoms with Crippen molar-refractivity contribution in [3.63, 3.8) is 0 Å². The average molecular weight is 467 g/mol. The lowest BCUT2D eigenvalue weighted by atomic mass is 10.2. The van der Waals surface area contributed by atoms with E-state index in [1.807, 2.05) is 4.90 Å². The molecule has 0 aromatic heterocycles. The van der Waals surface area contributed by atoms with Crippen molar-refractivity contribution in [1.29, 1.82) is 0 Å². The topological polar surface area (TPSA) is 60.0 Å². The molecule has 0 aromatic carbocycles. The summed E-state index contributed by atoms with van der Waals surface area (Å²) < 4.78 is 0. The van der Waals surface area contributed by atoms with Gasteiger partial charge in [0.1, 0.15) is 0 Å². The van der Waals surface area contributed by atoms with E-state index in [1.165, 1.54) is 6.42 Å². The Bertz CT molecular complexity index is 390. The minimum atomic E-state index is 0. The van der Waals surface area contributed by atoms with E-state index in [0.717, 1.165) is 70.9 Å². The zero-order valence-electron chi connectivity index (χ0n) is 16.5. The van der Waals surface area contributed by atoms with E-state index in [0.29, 0.717) is 11.9 Å². The number of carbonyl (C=O) groups excluding carboxylic acids is 1. The van der Waals surface area contributed by atoms with Crippen molar-refractivity contribution in [1.82, 2.24) is 20.4 Å². The molecule has 6 nitrogen and oxygen atoms in total. The molecule has 1 heterocycles. The summed E-state index contributed by atoms with van der Waals surface area (Å²) in [7, 11) is 2.18. The van der Waals surface area contributed by atoms with Gasteiger partial charge in [-0.3, -0.25) is 9.79 Å². The number of unbranched alkanes of at least 4 members (excludes halogenated alkanes) is 1. The highest BCUT2D eigenvalue weighted by molar-refractivity contribution is 14.0. The van der Waals surface area contributed by atoms with Gasteiger partial charge in [-0.25, -0.2) is 0 Å². The molecule has 148 valence electrons. The highest BCUT2D eigenvalue weighted by atomic mass is 127. The molecule has 0 aliphatic carbocycles. The largest absolute Gasteiger partial charge is 0.357 e. The van der Waals surface area contributed by atoms with E-state index in [9.17, 15) is 4.79 Å². The van der Waals surface area contributed by atoms with Crippen molar-refractivity contribution in [2.24, 2.45) is 4.99 Å². The number of likely N-dealkylation sites (tertiary alicyclic amines) is 1. The van der Waals surface area contributed by atoms with Gasteiger partial charge in [-0.15, -0.1) is 24.0 Å². The molecule has 1 aliphatic rings. The molecule has 0 spiro atoms. The van der Waals surface area contributed by atoms with Crippen molar-refractivity contribution in [3.05, 3.63) is 0 Å². The number of nitrogens with one attached hydrogen (secondary N) is 2. The zero-order valence-corrected chi connectivity index (χ0v) is 18.8. The first kappa shape index (κ1) is 24.4. The number of hydrogen-bond acceptors (Lipinski definition) is 3. The van der Waals surface area contributed by atoms with E-state index < -0.39 is 0 Å². The molecule has 25 heavy (non-hydrogen) atoms. The van der Waals surface area contributed by atoms with E-state index in [4.69, 9.17) is 0 Å². The Labute approximate surface area is 171 Å². The van der Waals surface area contributed by atoms with Crippen LogP contribution in [-0.2, 0) is 4.79 Å². The summed E-state index contributed by atoms with van der Waals surface area (Å²) in [5.74, 6) is 1.19. The summed E-state index contributed by atoms with van der Waals surface area (Å²) in [6.45, 7) is 12.0. The van der Waals surface area contributed by atoms with Crippen LogP contribution in [0.3, 0.4) is 0 Å². The van der Waals surface area contributed by atoms with Gasteiger partial charge in [0.05, 0.1) is 0 Å². The van der Waals surface area contributed by atoms with Crippen molar-refractivity contribution in [2.45, 2.75) is 58.9 Å². The highest BCUT2D eigenvalue weighted by Gasteiger charge is 2.18. The van der Waals surface area contributed by atoms with Gasteiger partial charge in [0, 0.05) is 45.2 Å². The fourth-order valence-corrected chi connectivity index (χ4v) is 2.69. The minimum absolute atomic E-state index is 0. The Hall–Kier alpha value is -0.570. The molecule has 0 bridgehead atoms. The third-order valence-electron chi connectivity index (χ3n) is 4.48. The van der Waals surface area contributed by atoms with E-state index >= 15 is 0 Å². The summed E-state index contributed by atoms with van der Waals surface area (Å²) >= 11 is 0. The lowest BCUT2D eigenvalue weighted by Gasteiger charge is -2.20. The molecule has 0 atom stereocenters. The molecule has 1 rings (SSSR count). The second-order valence-electron chi connectivity index (χ2n) is 6.81. The molecule has 0 aromatic rings. The number of nitrogens with zero attached hydrogens (tertiary/aromatic N) is 3. The second kappa shape index (κ2) is 14.6. The lowest BCUT2D eigenvalue weighted by molar-refractivity contribution is -0.127. The molecule has 1 fully saturated rings. The van der Waals surface area contributed by atoms with Crippen LogP contribution in [0.1, 0.15) is 52.9 Å². The first-order valence-corrected chi connectivity index (χ1v) is 9.54. The van der Waals surface area contributed by atoms with E-state index in [-0.39, 0.29) is 24.0 Å². The van der Waals surface area contributed by atoms with Crippen molar-refractivity contribution in [3.8, 4) is 0 Å². The number of halogens is 1. The van der Waals surface area contributed by atoms with Crippen LogP contribution in [0.2, 0.25) is 0 Å². The van der Waals surface area contributed by atoms with Crippen molar-refractivity contribution < 1.29 is 4.79 Å². The number of guanidine groups is 1. The summed E-state index contributed by atoms with van der Waals surface area (Å²) in [4.78, 5) is 20.5. The molecular weight excluding hydrogens is 429 g/mol. The average Bonchev–Trinajstić information content (AvgIpc) is 2.95. The predicted octanol–water partition coefficient (Wildman–Crippen LogP) is 2.29. The van der Waals surface area contributed by atoms with Crippen LogP contribution in [0, 0.1) is 0 Å². The van der Waals surface area contributed by atoms with Gasteiger partial charge in [0.25, 0.3) is 0 Å². The normalized spacial score (nSPS) is 15.0. The van der Waals surface area contributed by atoms with Crippen LogP contribution in [0.15, 0.2) is 4.99 Å². The summed E-state index contributed by atoms with van der Waals surface area (Å²) in [6, 6.07) is 0.610. The first-order chi connectivity index (χ1) is 11.5. The molecule has 1 aliphatic heterocycles. The Morgan fingerprint density at radius 2 is 2.04 bits per heavy atom. The molecule has 0 radical (unpaired) electrons. The number of aliphatic imine (C=N–C) groups is 1. The highest BCUT2D eigenvalue weighted by Crippen LogP contribution is 2.09. The maximum atomic E-state index is 11.6. The lowest BCUT2D eigenvalue weighted by Crippen LogP contribution is -2.38. The molecule has 0 unspecified atom stereocenters. The quantitative estimate of drug-likeness (QED) is 0.212. The van der Waals surface area contributed by atoms with Gasteiger partial charge in [0.15, 0.2) is 5.96 Å². The van der Waals surface area contributed by atoms with Crippen molar-refractivity contribution >= 4 is 35.8 Å². The molecule has 1 amide bonds. The van der Waals surface area contributed by atoms with E-state index in [2.05, 4.69) is 48.3 Å². The van der Waals surface area contributed by atoms with Gasteiger partial charge < -0.3 is 20.4 Å². The number of hydrogen-bond donors (Lipinski definition) is 2. The Balaban J connectivity index is 0.00000576. The van der Waals surface area contributed by atoms with Crippen molar-refractivity contribution in [2.75, 3.05) is 46.3 Å². The SMILES string of the molecule is CCNC(=NCCCN1CCCC1=O)NCCCCN(C)C(C)C.I. The Morgan fingerprint density at radius 3 is 2.64 bits per heavy atom. The van der Waals surface area contributed by atoms with Crippen LogP contribution in [-0.4, -0.2) is 74.0 Å². The van der Waals surface area contributed by atoms with Crippen LogP contribution < -0.4 is 10.6 Å². The van der Waals surface area contributed by atoms with Crippen LogP contribution >= 0.6 is 24.0 Å². The molecule has 2 N–H and O–H groups in total. The minimum Gasteiger partial charge on any atom is -0.357 e. The van der Waals surface area contributed by atoms with Crippen LogP contribution in [0.25, 0.3) is 0 Å². The predicted molar refractivity (Wildman–Crippen MR) is 117 cm³/mol. The van der Waals surface area contributed by atoms with Gasteiger partial charge in [0.2, 0.25) is 5.91 Å². The van der Waals surface area contributed by atoms with Gasteiger partial charge in [-0.2, -0.15) is 0 Å². The number of carbonyl (C=O) groups is 1. The van der Waals surface area contributed by atoms with Crippen LogP contribution in [0.4, 0.5) is 0 Å². The second-order valence-corrected chi connectivity index (χ2v) is 6.81. The maximum Gasteiger partial charge on any atom is 0.222 e. The Morgan fingerprint density at radius 1 is 1.28 bits per heavy atom. The molecule has 1 saturated heterocycles. The summed E-state index contributed by atoms with van der Waals surface area (Å²) in [5, 5.41) is 6.69. The molecular formula is C18H38IN5O. The maximum absolute atomic E-state index is 11.6. The smallest absolute Gasteiger partial charge is 0.222 e. The first-order valence-electron chi connectivity index (χ1n) is 9.54. The van der Waals surface area contributed by atoms with Gasteiger partial charge in [-0.1, -0.05) is 0 Å². The zero-order chi connectivity index (χ0) is 17.8. The third-order valence-corrected chi connectivity index (χ3v) is 4.48. The van der Waals surface area contributed by atoms with Gasteiger partial charge >= 0.3 is 0 Å². The van der Waals surface area contributed by atoms with E-state index in [1.54, 1.807) is 0 Å². The fraction of sp³-hybridized carbons (Fsp3) is 0.889. The summed E-state index contributed by atoms with van der Waals surface area (Å²) in [6.07, 6.45) is 5.00. The Kier molecular flexibility index (Phi) is 14.3. The monoisotopic (exact) mass is 467 g/mol. The molecule has 7 heteroatoms. The fourth-order valence-electron chi connectivity index (χ4n) is 2.69. The third kappa shape index (κ3) is 10.9. The van der Waals surface area contributed by atoms with Gasteiger partial charge in [-0.05, 0) is 60.0 Å². The standard InChI is InChI=1S/C18H37N5O.HI/c1-5-19-18(20-11-6-7-13-22(4)16(2)3)21-12-9-15-23-14-8-10-17(23)24;/h16H,5-15H2,1-4H3,(H2,19,20,21);1H.